The number of amides is 1. The summed E-state index contributed by atoms with van der Waals surface area (Å²) in [6.07, 6.45) is 3.65. The Morgan fingerprint density at radius 3 is 2.87 bits per heavy atom. The van der Waals surface area contributed by atoms with E-state index in [2.05, 4.69) is 15.2 Å². The monoisotopic (exact) mass is 413 g/mol. The second kappa shape index (κ2) is 9.32. The van der Waals surface area contributed by atoms with Crippen LogP contribution in [0, 0.1) is 0 Å². The minimum absolute atomic E-state index is 0.0951. The molecule has 1 aromatic carbocycles. The summed E-state index contributed by atoms with van der Waals surface area (Å²) in [6.45, 7) is 2.73. The molecule has 1 amide bonds. The number of rotatable bonds is 7. The van der Waals surface area contributed by atoms with Crippen LogP contribution >= 0.6 is 0 Å². The molecule has 160 valence electrons. The maximum Gasteiger partial charge on any atom is 0.261 e. The lowest BCUT2D eigenvalue weighted by molar-refractivity contribution is -0.00275. The van der Waals surface area contributed by atoms with Crippen molar-refractivity contribution in [2.45, 2.75) is 38.5 Å². The number of fused-ring (bicyclic) bond motifs is 1. The van der Waals surface area contributed by atoms with Crippen molar-refractivity contribution in [3.05, 3.63) is 57.5 Å². The number of hydrogen-bond donors (Lipinski definition) is 2. The van der Waals surface area contributed by atoms with Crippen LogP contribution in [-0.2, 0) is 17.8 Å². The fraction of sp³-hybridized carbons (Fsp3) is 0.455. The molecule has 1 atom stereocenters. The zero-order valence-electron chi connectivity index (χ0n) is 17.1. The summed E-state index contributed by atoms with van der Waals surface area (Å²) < 4.78 is 16.4. The summed E-state index contributed by atoms with van der Waals surface area (Å²) in [7, 11) is 2.00. The van der Waals surface area contributed by atoms with Gasteiger partial charge in [-0.2, -0.15) is 0 Å². The minimum Gasteiger partial charge on any atom is -0.454 e. The molecule has 3 heterocycles. The maximum absolute atomic E-state index is 12.5. The van der Waals surface area contributed by atoms with Crippen LogP contribution in [-0.4, -0.2) is 48.9 Å². The van der Waals surface area contributed by atoms with Gasteiger partial charge in [0.15, 0.2) is 11.5 Å². The van der Waals surface area contributed by atoms with Gasteiger partial charge in [-0.1, -0.05) is 6.07 Å². The Balaban J connectivity index is 1.32. The predicted octanol–water partition coefficient (Wildman–Crippen LogP) is 2.03. The van der Waals surface area contributed by atoms with Crippen LogP contribution in [0.3, 0.4) is 0 Å². The number of carbonyl (C=O) groups is 1. The zero-order valence-corrected chi connectivity index (χ0v) is 17.1. The summed E-state index contributed by atoms with van der Waals surface area (Å²) in [5.41, 5.74) is 1.34. The van der Waals surface area contributed by atoms with Gasteiger partial charge in [-0.25, -0.2) is 0 Å². The van der Waals surface area contributed by atoms with Gasteiger partial charge >= 0.3 is 0 Å². The number of aromatic nitrogens is 1. The standard InChI is InChI=1S/C22H27N3O5/c1-25(13-17-4-2-3-9-28-17)12-16-6-7-18(22(27)24-16)21(26)23-11-15-5-8-19-20(10-15)30-14-29-19/h5-8,10,17H,2-4,9,11-14H2,1H3,(H,23,26)(H,24,27). The molecule has 1 aromatic heterocycles. The van der Waals surface area contributed by atoms with E-state index >= 15 is 0 Å². The second-order valence-electron chi connectivity index (χ2n) is 7.78. The van der Waals surface area contributed by atoms with E-state index in [0.717, 1.165) is 37.3 Å². The third-order valence-corrected chi connectivity index (χ3v) is 5.33. The molecule has 2 aromatic rings. The lowest BCUT2D eigenvalue weighted by atomic mass is 10.1. The van der Waals surface area contributed by atoms with E-state index in [1.165, 1.54) is 6.42 Å². The molecular weight excluding hydrogens is 386 g/mol. The molecule has 8 nitrogen and oxygen atoms in total. The third kappa shape index (κ3) is 5.01. The van der Waals surface area contributed by atoms with Gasteiger partial charge in [-0.3, -0.25) is 14.5 Å². The quantitative estimate of drug-likeness (QED) is 0.722. The van der Waals surface area contributed by atoms with Crippen molar-refractivity contribution in [3.8, 4) is 11.5 Å². The summed E-state index contributed by atoms with van der Waals surface area (Å²) in [4.78, 5) is 29.8. The number of hydrogen-bond acceptors (Lipinski definition) is 6. The molecule has 0 aliphatic carbocycles. The Labute approximate surface area is 175 Å². The number of likely N-dealkylation sites (N-methyl/N-ethyl adjacent to an activating group) is 1. The number of carbonyl (C=O) groups excluding carboxylic acids is 1. The minimum atomic E-state index is -0.413. The van der Waals surface area contributed by atoms with Gasteiger partial charge in [0.1, 0.15) is 5.56 Å². The number of nitrogens with one attached hydrogen (secondary N) is 2. The first kappa shape index (κ1) is 20.4. The SMILES string of the molecule is CN(Cc1ccc(C(=O)NCc2ccc3c(c2)OCO3)c(=O)[nH]1)CC1CCCCO1. The van der Waals surface area contributed by atoms with Gasteiger partial charge in [-0.15, -0.1) is 0 Å². The molecule has 2 aliphatic heterocycles. The van der Waals surface area contributed by atoms with Crippen LogP contribution in [0.5, 0.6) is 11.5 Å². The summed E-state index contributed by atoms with van der Waals surface area (Å²) in [5, 5.41) is 2.78. The lowest BCUT2D eigenvalue weighted by Gasteiger charge is -2.27. The second-order valence-corrected chi connectivity index (χ2v) is 7.78. The topological polar surface area (TPSA) is 92.9 Å². The van der Waals surface area contributed by atoms with Crippen molar-refractivity contribution in [1.82, 2.24) is 15.2 Å². The van der Waals surface area contributed by atoms with E-state index in [9.17, 15) is 9.59 Å². The molecule has 0 saturated carbocycles. The molecule has 1 saturated heterocycles. The van der Waals surface area contributed by atoms with Crippen molar-refractivity contribution in [3.63, 3.8) is 0 Å². The van der Waals surface area contributed by atoms with Crippen LogP contribution in [0.1, 0.15) is 40.9 Å². The van der Waals surface area contributed by atoms with E-state index in [0.29, 0.717) is 24.6 Å². The van der Waals surface area contributed by atoms with Gasteiger partial charge in [0.25, 0.3) is 11.5 Å². The number of nitrogens with zero attached hydrogens (tertiary/aromatic N) is 1. The van der Waals surface area contributed by atoms with E-state index < -0.39 is 11.5 Å². The van der Waals surface area contributed by atoms with E-state index in [1.54, 1.807) is 18.2 Å². The van der Waals surface area contributed by atoms with Gasteiger partial charge in [0, 0.05) is 31.9 Å². The Bertz CT molecular complexity index is 952. The van der Waals surface area contributed by atoms with Crippen LogP contribution in [0.25, 0.3) is 0 Å². The highest BCUT2D eigenvalue weighted by molar-refractivity contribution is 5.93. The summed E-state index contributed by atoms with van der Waals surface area (Å²) in [5.74, 6) is 0.938. The molecule has 2 aliphatic rings. The van der Waals surface area contributed by atoms with Crippen molar-refractivity contribution in [2.75, 3.05) is 27.0 Å². The molecule has 1 unspecified atom stereocenters. The van der Waals surface area contributed by atoms with Gasteiger partial charge in [0.2, 0.25) is 6.79 Å². The molecule has 2 N–H and O–H groups in total. The highest BCUT2D eigenvalue weighted by atomic mass is 16.7. The highest BCUT2D eigenvalue weighted by Crippen LogP contribution is 2.32. The molecule has 4 rings (SSSR count). The number of ether oxygens (including phenoxy) is 3. The zero-order chi connectivity index (χ0) is 20.9. The molecular formula is C22H27N3O5. The Morgan fingerprint density at radius 2 is 2.07 bits per heavy atom. The van der Waals surface area contributed by atoms with E-state index in [-0.39, 0.29) is 18.5 Å². The van der Waals surface area contributed by atoms with E-state index in [1.807, 2.05) is 19.2 Å². The smallest absolute Gasteiger partial charge is 0.261 e. The van der Waals surface area contributed by atoms with E-state index in [4.69, 9.17) is 14.2 Å². The van der Waals surface area contributed by atoms with Gasteiger partial charge < -0.3 is 24.5 Å². The van der Waals surface area contributed by atoms with Crippen molar-refractivity contribution >= 4 is 5.91 Å². The van der Waals surface area contributed by atoms with Crippen LogP contribution < -0.4 is 20.3 Å². The molecule has 0 radical (unpaired) electrons. The third-order valence-electron chi connectivity index (χ3n) is 5.33. The fourth-order valence-corrected chi connectivity index (χ4v) is 3.77. The first-order valence-corrected chi connectivity index (χ1v) is 10.3. The van der Waals surface area contributed by atoms with Crippen molar-refractivity contribution in [1.29, 1.82) is 0 Å². The number of benzene rings is 1. The summed E-state index contributed by atoms with van der Waals surface area (Å²) in [6, 6.07) is 8.85. The molecule has 8 heteroatoms. The maximum atomic E-state index is 12.5. The normalized spacial score (nSPS) is 17.9. The largest absolute Gasteiger partial charge is 0.454 e. The summed E-state index contributed by atoms with van der Waals surface area (Å²) >= 11 is 0. The Kier molecular flexibility index (Phi) is 6.35. The molecule has 0 spiro atoms. The number of aromatic amines is 1. The van der Waals surface area contributed by atoms with Gasteiger partial charge in [-0.05, 0) is 56.1 Å². The van der Waals surface area contributed by atoms with Crippen LogP contribution in [0.4, 0.5) is 0 Å². The van der Waals surface area contributed by atoms with Crippen molar-refractivity contribution < 1.29 is 19.0 Å². The highest BCUT2D eigenvalue weighted by Gasteiger charge is 2.17. The lowest BCUT2D eigenvalue weighted by Crippen LogP contribution is -2.34. The number of pyridine rings is 1. The molecule has 0 bridgehead atoms. The first-order valence-electron chi connectivity index (χ1n) is 10.3. The Morgan fingerprint density at radius 1 is 1.20 bits per heavy atom. The molecule has 30 heavy (non-hydrogen) atoms. The van der Waals surface area contributed by atoms with Crippen LogP contribution in [0.15, 0.2) is 35.1 Å². The average molecular weight is 413 g/mol. The van der Waals surface area contributed by atoms with Gasteiger partial charge in [0.05, 0.1) is 6.10 Å². The Hall–Kier alpha value is -2.84. The molecule has 1 fully saturated rings. The predicted molar refractivity (Wildman–Crippen MR) is 111 cm³/mol. The fourth-order valence-electron chi connectivity index (χ4n) is 3.77. The first-order chi connectivity index (χ1) is 14.6. The average Bonchev–Trinajstić information content (AvgIpc) is 3.20. The van der Waals surface area contributed by atoms with Crippen molar-refractivity contribution in [2.24, 2.45) is 0 Å². The van der Waals surface area contributed by atoms with Crippen LogP contribution in [0.2, 0.25) is 0 Å². The number of H-pyrrole nitrogens is 1.